The molecule has 0 heterocycles. The first-order chi connectivity index (χ1) is 6.72. The number of benzene rings is 1. The summed E-state index contributed by atoms with van der Waals surface area (Å²) in [6.45, 7) is 4.35. The summed E-state index contributed by atoms with van der Waals surface area (Å²) in [4.78, 5) is 0. The predicted molar refractivity (Wildman–Crippen MR) is 58.0 cm³/mol. The number of rotatable bonds is 4. The van der Waals surface area contributed by atoms with E-state index in [9.17, 15) is 5.11 Å². The molecule has 78 valence electrons. The maximum absolute atomic E-state index is 9.44. The quantitative estimate of drug-likeness (QED) is 0.796. The molecule has 2 nitrogen and oxygen atoms in total. The third-order valence-corrected chi connectivity index (χ3v) is 2.66. The molecule has 0 aliphatic heterocycles. The summed E-state index contributed by atoms with van der Waals surface area (Å²) in [5, 5.41) is 9.44. The van der Waals surface area contributed by atoms with Crippen molar-refractivity contribution in [2.45, 2.75) is 32.6 Å². The van der Waals surface area contributed by atoms with Crippen molar-refractivity contribution in [3.05, 3.63) is 23.8 Å². The highest BCUT2D eigenvalue weighted by atomic mass is 16.5. The molecular formula is C12H18O2. The van der Waals surface area contributed by atoms with E-state index < -0.39 is 0 Å². The van der Waals surface area contributed by atoms with E-state index in [4.69, 9.17) is 4.74 Å². The Morgan fingerprint density at radius 1 is 1.29 bits per heavy atom. The van der Waals surface area contributed by atoms with Gasteiger partial charge in [0.2, 0.25) is 0 Å². The minimum atomic E-state index is 0.210. The van der Waals surface area contributed by atoms with Gasteiger partial charge in [0.05, 0.1) is 7.11 Å². The van der Waals surface area contributed by atoms with E-state index in [-0.39, 0.29) is 5.75 Å². The largest absolute Gasteiger partial charge is 0.504 e. The van der Waals surface area contributed by atoms with Crippen molar-refractivity contribution in [1.29, 1.82) is 0 Å². The van der Waals surface area contributed by atoms with Gasteiger partial charge in [-0.1, -0.05) is 19.9 Å². The molecule has 1 aromatic rings. The Labute approximate surface area is 85.5 Å². The minimum absolute atomic E-state index is 0.210. The Balaban J connectivity index is 2.98. The Morgan fingerprint density at radius 2 is 1.93 bits per heavy atom. The third kappa shape index (κ3) is 2.19. The van der Waals surface area contributed by atoms with Crippen molar-refractivity contribution < 1.29 is 9.84 Å². The lowest BCUT2D eigenvalue weighted by Crippen LogP contribution is -1.96. The van der Waals surface area contributed by atoms with Crippen LogP contribution in [0.15, 0.2) is 18.2 Å². The number of hydrogen-bond donors (Lipinski definition) is 1. The molecule has 0 atom stereocenters. The molecule has 1 rings (SSSR count). The van der Waals surface area contributed by atoms with E-state index in [1.165, 1.54) is 5.56 Å². The van der Waals surface area contributed by atoms with Crippen LogP contribution < -0.4 is 4.74 Å². The van der Waals surface area contributed by atoms with E-state index in [1.54, 1.807) is 13.2 Å². The molecule has 0 aromatic heterocycles. The first-order valence-corrected chi connectivity index (χ1v) is 5.09. The second-order valence-corrected chi connectivity index (χ2v) is 3.44. The third-order valence-electron chi connectivity index (χ3n) is 2.66. The second-order valence-electron chi connectivity index (χ2n) is 3.44. The van der Waals surface area contributed by atoms with Crippen molar-refractivity contribution in [1.82, 2.24) is 0 Å². The smallest absolute Gasteiger partial charge is 0.160 e. The molecule has 0 fully saturated rings. The normalized spacial score (nSPS) is 10.6. The van der Waals surface area contributed by atoms with Gasteiger partial charge in [-0.05, 0) is 36.5 Å². The fraction of sp³-hybridized carbons (Fsp3) is 0.500. The van der Waals surface area contributed by atoms with Crippen molar-refractivity contribution in [3.8, 4) is 11.5 Å². The lowest BCUT2D eigenvalue weighted by Gasteiger charge is -2.14. The standard InChI is InChI=1S/C12H18O2/c1-4-9(5-2)10-6-7-11(13)12(8-10)14-3/h6-9,13H,4-5H2,1-3H3. The second kappa shape index (κ2) is 4.89. The highest BCUT2D eigenvalue weighted by molar-refractivity contribution is 5.42. The summed E-state index contributed by atoms with van der Waals surface area (Å²) in [6.07, 6.45) is 2.23. The van der Waals surface area contributed by atoms with Gasteiger partial charge in [-0.2, -0.15) is 0 Å². The Bertz CT molecular complexity index is 290. The van der Waals surface area contributed by atoms with Crippen LogP contribution in [0, 0.1) is 0 Å². The van der Waals surface area contributed by atoms with Crippen molar-refractivity contribution in [2.75, 3.05) is 7.11 Å². The molecule has 0 saturated heterocycles. The van der Waals surface area contributed by atoms with Gasteiger partial charge in [-0.25, -0.2) is 0 Å². The van der Waals surface area contributed by atoms with Crippen LogP contribution in [0.5, 0.6) is 11.5 Å². The average molecular weight is 194 g/mol. The molecule has 1 N–H and O–H groups in total. The van der Waals surface area contributed by atoms with Gasteiger partial charge in [0.15, 0.2) is 11.5 Å². The summed E-state index contributed by atoms with van der Waals surface area (Å²) < 4.78 is 5.07. The van der Waals surface area contributed by atoms with E-state index >= 15 is 0 Å². The Kier molecular flexibility index (Phi) is 3.81. The summed E-state index contributed by atoms with van der Waals surface area (Å²) in [6, 6.07) is 5.59. The molecule has 0 aliphatic carbocycles. The van der Waals surface area contributed by atoms with Gasteiger partial charge >= 0.3 is 0 Å². The molecule has 0 radical (unpaired) electrons. The van der Waals surface area contributed by atoms with Crippen LogP contribution in [0.25, 0.3) is 0 Å². The summed E-state index contributed by atoms with van der Waals surface area (Å²) >= 11 is 0. The van der Waals surface area contributed by atoms with Gasteiger partial charge in [0.25, 0.3) is 0 Å². The van der Waals surface area contributed by atoms with E-state index in [0.717, 1.165) is 12.8 Å². The lowest BCUT2D eigenvalue weighted by molar-refractivity contribution is 0.372. The number of ether oxygens (including phenoxy) is 1. The predicted octanol–water partition coefficient (Wildman–Crippen LogP) is 3.30. The summed E-state index contributed by atoms with van der Waals surface area (Å²) in [5.74, 6) is 1.33. The zero-order valence-electron chi connectivity index (χ0n) is 9.08. The van der Waals surface area contributed by atoms with Crippen LogP contribution in [0.4, 0.5) is 0 Å². The van der Waals surface area contributed by atoms with Crippen molar-refractivity contribution >= 4 is 0 Å². The average Bonchev–Trinajstić information content (AvgIpc) is 2.22. The van der Waals surface area contributed by atoms with Crippen molar-refractivity contribution in [2.24, 2.45) is 0 Å². The van der Waals surface area contributed by atoms with Crippen LogP contribution in [-0.2, 0) is 0 Å². The maximum Gasteiger partial charge on any atom is 0.160 e. The highest BCUT2D eigenvalue weighted by Gasteiger charge is 2.09. The van der Waals surface area contributed by atoms with Crippen LogP contribution in [-0.4, -0.2) is 12.2 Å². The van der Waals surface area contributed by atoms with Gasteiger partial charge in [-0.15, -0.1) is 0 Å². The first kappa shape index (κ1) is 10.9. The van der Waals surface area contributed by atoms with Gasteiger partial charge in [-0.3, -0.25) is 0 Å². The summed E-state index contributed by atoms with van der Waals surface area (Å²) in [5.41, 5.74) is 1.24. The molecule has 0 aliphatic rings. The lowest BCUT2D eigenvalue weighted by atomic mass is 9.94. The number of hydrogen-bond acceptors (Lipinski definition) is 2. The first-order valence-electron chi connectivity index (χ1n) is 5.09. The number of aromatic hydroxyl groups is 1. The van der Waals surface area contributed by atoms with Crippen LogP contribution >= 0.6 is 0 Å². The van der Waals surface area contributed by atoms with Gasteiger partial charge in [0, 0.05) is 0 Å². The van der Waals surface area contributed by atoms with Crippen LogP contribution in [0.1, 0.15) is 38.2 Å². The minimum Gasteiger partial charge on any atom is -0.504 e. The van der Waals surface area contributed by atoms with E-state index in [0.29, 0.717) is 11.7 Å². The maximum atomic E-state index is 9.44. The van der Waals surface area contributed by atoms with Gasteiger partial charge in [0.1, 0.15) is 0 Å². The number of phenols is 1. The molecule has 1 aromatic carbocycles. The van der Waals surface area contributed by atoms with E-state index in [1.807, 2.05) is 12.1 Å². The fourth-order valence-electron chi connectivity index (χ4n) is 1.71. The molecule has 0 spiro atoms. The SMILES string of the molecule is CCC(CC)c1ccc(O)c(OC)c1. The molecule has 0 bridgehead atoms. The van der Waals surface area contributed by atoms with Crippen LogP contribution in [0.2, 0.25) is 0 Å². The zero-order chi connectivity index (χ0) is 10.6. The van der Waals surface area contributed by atoms with E-state index in [2.05, 4.69) is 13.8 Å². The molecule has 0 unspecified atom stereocenters. The number of phenolic OH excluding ortho intramolecular Hbond substituents is 1. The Hall–Kier alpha value is -1.18. The fourth-order valence-corrected chi connectivity index (χ4v) is 1.71. The molecule has 14 heavy (non-hydrogen) atoms. The van der Waals surface area contributed by atoms with Crippen molar-refractivity contribution in [3.63, 3.8) is 0 Å². The topological polar surface area (TPSA) is 29.5 Å². The summed E-state index contributed by atoms with van der Waals surface area (Å²) in [7, 11) is 1.58. The Morgan fingerprint density at radius 3 is 2.43 bits per heavy atom. The number of methoxy groups -OCH3 is 1. The zero-order valence-corrected chi connectivity index (χ0v) is 9.08. The van der Waals surface area contributed by atoms with Gasteiger partial charge < -0.3 is 9.84 Å². The van der Waals surface area contributed by atoms with Crippen LogP contribution in [0.3, 0.4) is 0 Å². The highest BCUT2D eigenvalue weighted by Crippen LogP contribution is 2.31. The molecule has 2 heteroatoms. The molecule has 0 amide bonds. The molecule has 0 saturated carbocycles. The monoisotopic (exact) mass is 194 g/mol. The molecular weight excluding hydrogens is 176 g/mol.